The minimum absolute atomic E-state index is 0.0470. The number of sulfone groups is 1. The molecule has 8 nitrogen and oxygen atoms in total. The largest absolute Gasteiger partial charge is 0.339 e. The summed E-state index contributed by atoms with van der Waals surface area (Å²) in [5.41, 5.74) is 0.385. The van der Waals surface area contributed by atoms with Crippen LogP contribution in [0.2, 0.25) is 0 Å². The molecule has 0 N–H and O–H groups in total. The summed E-state index contributed by atoms with van der Waals surface area (Å²) in [6.07, 6.45) is 4.56. The molecule has 2 saturated heterocycles. The highest BCUT2D eigenvalue weighted by atomic mass is 32.2. The summed E-state index contributed by atoms with van der Waals surface area (Å²) in [6, 6.07) is 4.10. The van der Waals surface area contributed by atoms with Crippen LogP contribution < -0.4 is 4.90 Å². The van der Waals surface area contributed by atoms with Gasteiger partial charge in [0, 0.05) is 43.8 Å². The molecule has 2 aliphatic rings. The molecule has 2 aliphatic heterocycles. The van der Waals surface area contributed by atoms with Gasteiger partial charge in [0.25, 0.3) is 5.95 Å². The smallest absolute Gasteiger partial charge is 0.266 e. The average Bonchev–Trinajstić information content (AvgIpc) is 3.27. The van der Waals surface area contributed by atoms with E-state index in [-0.39, 0.29) is 35.1 Å². The number of hydrogen-bond acceptors (Lipinski definition) is 7. The number of hydrogen-bond donors (Lipinski definition) is 0. The first-order valence-corrected chi connectivity index (χ1v) is 13.4. The van der Waals surface area contributed by atoms with Crippen LogP contribution in [0.4, 0.5) is 10.3 Å². The second-order valence-electron chi connectivity index (χ2n) is 9.41. The fraction of sp³-hybridized carbons (Fsp3) is 0.609. The van der Waals surface area contributed by atoms with E-state index < -0.39 is 15.7 Å². The molecule has 1 atom stereocenters. The van der Waals surface area contributed by atoms with Crippen molar-refractivity contribution in [1.29, 1.82) is 0 Å². The summed E-state index contributed by atoms with van der Waals surface area (Å²) in [6.45, 7) is 6.23. The Morgan fingerprint density at radius 1 is 1.18 bits per heavy atom. The number of carbonyl (C=O) groups excluding carboxylic acids is 1. The lowest BCUT2D eigenvalue weighted by atomic mass is 9.88. The molecule has 1 aromatic heterocycles. The maximum atomic E-state index is 14.6. The van der Waals surface area contributed by atoms with Gasteiger partial charge in [-0.25, -0.2) is 12.8 Å². The quantitative estimate of drug-likeness (QED) is 0.629. The summed E-state index contributed by atoms with van der Waals surface area (Å²) < 4.78 is 43.2. The van der Waals surface area contributed by atoms with Crippen LogP contribution in [0, 0.1) is 11.7 Å². The van der Waals surface area contributed by atoms with E-state index in [1.807, 2.05) is 18.7 Å². The zero-order chi connectivity index (χ0) is 23.8. The predicted octanol–water partition coefficient (Wildman–Crippen LogP) is 3.19. The molecule has 33 heavy (non-hydrogen) atoms. The third-order valence-corrected chi connectivity index (χ3v) is 7.73. The van der Waals surface area contributed by atoms with E-state index in [0.29, 0.717) is 23.8 Å². The molecule has 1 aromatic carbocycles. The third kappa shape index (κ3) is 5.20. The van der Waals surface area contributed by atoms with Gasteiger partial charge in [0.05, 0.1) is 4.90 Å². The highest BCUT2D eigenvalue weighted by molar-refractivity contribution is 7.90. The molecule has 0 radical (unpaired) electrons. The molecule has 2 aromatic rings. The molecule has 10 heteroatoms. The van der Waals surface area contributed by atoms with Gasteiger partial charge in [-0.15, -0.1) is 0 Å². The van der Waals surface area contributed by atoms with Gasteiger partial charge in [0.1, 0.15) is 5.82 Å². The lowest BCUT2D eigenvalue weighted by Crippen LogP contribution is -2.52. The van der Waals surface area contributed by atoms with E-state index in [2.05, 4.69) is 15.0 Å². The van der Waals surface area contributed by atoms with E-state index in [9.17, 15) is 17.6 Å². The van der Waals surface area contributed by atoms with Crippen LogP contribution in [-0.4, -0.2) is 61.3 Å². The van der Waals surface area contributed by atoms with E-state index in [4.69, 9.17) is 4.52 Å². The van der Waals surface area contributed by atoms with Crippen LogP contribution in [0.5, 0.6) is 0 Å². The fourth-order valence-corrected chi connectivity index (χ4v) is 5.32. The van der Waals surface area contributed by atoms with Gasteiger partial charge in [-0.3, -0.25) is 4.79 Å². The molecule has 2 fully saturated rings. The number of piperidine rings is 2. The van der Waals surface area contributed by atoms with Crippen molar-refractivity contribution in [2.45, 2.75) is 62.8 Å². The monoisotopic (exact) mass is 478 g/mol. The Hall–Kier alpha value is -2.49. The van der Waals surface area contributed by atoms with Crippen LogP contribution in [-0.2, 0) is 21.1 Å². The zero-order valence-electron chi connectivity index (χ0n) is 19.3. The average molecular weight is 479 g/mol. The Morgan fingerprint density at radius 2 is 1.91 bits per heavy atom. The van der Waals surface area contributed by atoms with Gasteiger partial charge in [-0.2, -0.15) is 4.98 Å². The zero-order valence-corrected chi connectivity index (χ0v) is 20.1. The number of anilines is 1. The SMILES string of the molecule is CC(C)c1nc(N2CCC(N3CCC[C@H](Cc4ccc(S(C)(=O)=O)cc4F)C3=O)CC2)no1. The summed E-state index contributed by atoms with van der Waals surface area (Å²) in [4.78, 5) is 21.7. The minimum Gasteiger partial charge on any atom is -0.339 e. The molecule has 180 valence electrons. The van der Waals surface area contributed by atoms with Gasteiger partial charge in [-0.1, -0.05) is 19.9 Å². The van der Waals surface area contributed by atoms with Crippen molar-refractivity contribution in [3.63, 3.8) is 0 Å². The van der Waals surface area contributed by atoms with Crippen molar-refractivity contribution in [3.8, 4) is 0 Å². The molecule has 0 unspecified atom stereocenters. The van der Waals surface area contributed by atoms with Gasteiger partial charge in [0.2, 0.25) is 11.8 Å². The number of amides is 1. The number of benzene rings is 1. The van der Waals surface area contributed by atoms with Crippen LogP contribution in [0.3, 0.4) is 0 Å². The Balaban J connectivity index is 1.38. The topological polar surface area (TPSA) is 96.6 Å². The van der Waals surface area contributed by atoms with Crippen molar-refractivity contribution in [2.24, 2.45) is 5.92 Å². The van der Waals surface area contributed by atoms with Crippen molar-refractivity contribution < 1.29 is 22.1 Å². The van der Waals surface area contributed by atoms with Crippen molar-refractivity contribution in [1.82, 2.24) is 15.0 Å². The normalized spacial score (nSPS) is 20.6. The van der Waals surface area contributed by atoms with Gasteiger partial charge in [0.15, 0.2) is 9.84 Å². The number of nitrogens with zero attached hydrogens (tertiary/aromatic N) is 4. The molecule has 3 heterocycles. The van der Waals surface area contributed by atoms with Crippen molar-refractivity contribution in [3.05, 3.63) is 35.5 Å². The molecule has 4 rings (SSSR count). The van der Waals surface area contributed by atoms with Gasteiger partial charge < -0.3 is 14.3 Å². The van der Waals surface area contributed by atoms with Crippen molar-refractivity contribution in [2.75, 3.05) is 30.8 Å². The number of halogens is 1. The molecular weight excluding hydrogens is 447 g/mol. The third-order valence-electron chi connectivity index (χ3n) is 6.62. The van der Waals surface area contributed by atoms with Crippen molar-refractivity contribution >= 4 is 21.7 Å². The predicted molar refractivity (Wildman–Crippen MR) is 121 cm³/mol. The first-order chi connectivity index (χ1) is 15.6. The number of carbonyl (C=O) groups is 1. The summed E-state index contributed by atoms with van der Waals surface area (Å²) in [5, 5.41) is 4.09. The molecule has 1 amide bonds. The molecular formula is C23H31FN4O4S. The highest BCUT2D eigenvalue weighted by Crippen LogP contribution is 2.29. The van der Waals surface area contributed by atoms with Crippen LogP contribution in [0.15, 0.2) is 27.6 Å². The summed E-state index contributed by atoms with van der Waals surface area (Å²) >= 11 is 0. The van der Waals surface area contributed by atoms with Crippen LogP contribution in [0.25, 0.3) is 0 Å². The number of rotatable bonds is 6. The Kier molecular flexibility index (Phi) is 6.74. The highest BCUT2D eigenvalue weighted by Gasteiger charge is 2.35. The van der Waals surface area contributed by atoms with E-state index in [0.717, 1.165) is 51.2 Å². The van der Waals surface area contributed by atoms with E-state index >= 15 is 0 Å². The molecule has 0 saturated carbocycles. The number of likely N-dealkylation sites (tertiary alicyclic amines) is 1. The first-order valence-electron chi connectivity index (χ1n) is 11.5. The second-order valence-corrected chi connectivity index (χ2v) is 11.4. The lowest BCUT2D eigenvalue weighted by Gasteiger charge is -2.42. The second kappa shape index (κ2) is 9.40. The maximum absolute atomic E-state index is 14.6. The fourth-order valence-electron chi connectivity index (χ4n) is 4.69. The first kappa shape index (κ1) is 23.7. The summed E-state index contributed by atoms with van der Waals surface area (Å²) in [5.74, 6) is 0.608. The molecule has 0 spiro atoms. The van der Waals surface area contributed by atoms with E-state index in [1.54, 1.807) is 0 Å². The van der Waals surface area contributed by atoms with Gasteiger partial charge >= 0.3 is 0 Å². The van der Waals surface area contributed by atoms with Crippen LogP contribution in [0.1, 0.15) is 56.9 Å². The molecule has 0 bridgehead atoms. The molecule has 0 aliphatic carbocycles. The Labute approximate surface area is 194 Å². The number of aromatic nitrogens is 2. The van der Waals surface area contributed by atoms with Gasteiger partial charge in [-0.05, 0) is 55.0 Å². The maximum Gasteiger partial charge on any atom is 0.266 e. The lowest BCUT2D eigenvalue weighted by molar-refractivity contribution is -0.141. The Morgan fingerprint density at radius 3 is 2.52 bits per heavy atom. The minimum atomic E-state index is -3.47. The summed E-state index contributed by atoms with van der Waals surface area (Å²) in [7, 11) is -3.47. The van der Waals surface area contributed by atoms with E-state index in [1.165, 1.54) is 12.1 Å². The standard InChI is InChI=1S/C23H31FN4O4S/c1-15(2)21-25-23(26-32-21)27-11-8-18(9-12-27)28-10-4-5-17(22(28)29)13-16-6-7-19(14-20(16)24)33(3,30)31/h6-7,14-15,17-18H,4-5,8-13H2,1-3H3/t17-/m1/s1. The Bertz CT molecular complexity index is 1110. The van der Waals surface area contributed by atoms with Crippen LogP contribution >= 0.6 is 0 Å².